The summed E-state index contributed by atoms with van der Waals surface area (Å²) in [5.41, 5.74) is 1.16. The number of aromatic nitrogens is 1. The van der Waals surface area contributed by atoms with Crippen LogP contribution in [0.25, 0.3) is 0 Å². The van der Waals surface area contributed by atoms with Gasteiger partial charge >= 0.3 is 5.97 Å². The van der Waals surface area contributed by atoms with Crippen molar-refractivity contribution >= 4 is 5.97 Å². The van der Waals surface area contributed by atoms with Crippen LogP contribution in [0.3, 0.4) is 0 Å². The first-order chi connectivity index (χ1) is 7.75. The molecule has 0 N–H and O–H groups in total. The third-order valence-electron chi connectivity index (χ3n) is 3.10. The fraction of sp³-hybridized carbons (Fsp3) is 0.538. The number of aryl methyl sites for hydroxylation is 1. The minimum Gasteiger partial charge on any atom is -0.244 e. The Kier molecular flexibility index (Phi) is 3.54. The summed E-state index contributed by atoms with van der Waals surface area (Å²) >= 11 is 0. The Morgan fingerprint density at radius 2 is 1.88 bits per heavy atom. The lowest BCUT2D eigenvalue weighted by atomic mass is 9.89. The molecule has 0 radical (unpaired) electrons. The molecule has 3 nitrogen and oxygen atoms in total. The minimum absolute atomic E-state index is 0.0893. The van der Waals surface area contributed by atoms with Gasteiger partial charge in [0.15, 0.2) is 0 Å². The van der Waals surface area contributed by atoms with E-state index >= 15 is 0 Å². The topological polar surface area (TPSA) is 30.2 Å². The predicted molar refractivity (Wildman–Crippen MR) is 59.5 cm³/mol. The molecule has 0 saturated heterocycles. The molecule has 86 valence electrons. The lowest BCUT2D eigenvalue weighted by Gasteiger charge is -2.17. The first-order valence-electron chi connectivity index (χ1n) is 5.96. The van der Waals surface area contributed by atoms with Crippen LogP contribution in [-0.2, 0) is 4.79 Å². The molecule has 0 aliphatic heterocycles. The first kappa shape index (κ1) is 11.1. The lowest BCUT2D eigenvalue weighted by molar-refractivity contribution is -0.870. The zero-order valence-corrected chi connectivity index (χ0v) is 9.69. The van der Waals surface area contributed by atoms with Crippen LogP contribution >= 0.6 is 0 Å². The van der Waals surface area contributed by atoms with Gasteiger partial charge in [-0.3, -0.25) is 0 Å². The molecule has 1 fully saturated rings. The summed E-state index contributed by atoms with van der Waals surface area (Å²) in [6, 6.07) is 3.85. The molecule has 16 heavy (non-hydrogen) atoms. The molecule has 0 atom stereocenters. The fourth-order valence-electron chi connectivity index (χ4n) is 2.06. The Hall–Kier alpha value is -1.38. The quantitative estimate of drug-likeness (QED) is 0.712. The molecular formula is C13H18NO2+. The van der Waals surface area contributed by atoms with Gasteiger partial charge in [-0.2, -0.15) is 4.84 Å². The fourth-order valence-corrected chi connectivity index (χ4v) is 2.06. The summed E-state index contributed by atoms with van der Waals surface area (Å²) in [5, 5.41) is 0. The maximum absolute atomic E-state index is 11.8. The van der Waals surface area contributed by atoms with Crippen LogP contribution in [0.4, 0.5) is 0 Å². The van der Waals surface area contributed by atoms with Crippen molar-refractivity contribution < 1.29 is 14.4 Å². The Morgan fingerprint density at radius 3 is 2.50 bits per heavy atom. The van der Waals surface area contributed by atoms with Gasteiger partial charge in [0.1, 0.15) is 0 Å². The van der Waals surface area contributed by atoms with E-state index in [1.165, 1.54) is 11.2 Å². The average Bonchev–Trinajstić information content (AvgIpc) is 2.33. The van der Waals surface area contributed by atoms with Crippen LogP contribution in [0, 0.1) is 12.8 Å². The molecule has 1 aliphatic carbocycles. The molecule has 0 spiro atoms. The SMILES string of the molecule is Cc1cc[n+](OC(=O)C2CCCCC2)cc1. The Balaban J connectivity index is 1.93. The summed E-state index contributed by atoms with van der Waals surface area (Å²) in [5.74, 6) is 0.0103. The van der Waals surface area contributed by atoms with Gasteiger partial charge in [-0.1, -0.05) is 19.3 Å². The van der Waals surface area contributed by atoms with Crippen LogP contribution in [0.2, 0.25) is 0 Å². The monoisotopic (exact) mass is 220 g/mol. The molecule has 0 bridgehead atoms. The van der Waals surface area contributed by atoms with Crippen molar-refractivity contribution in [1.29, 1.82) is 0 Å². The van der Waals surface area contributed by atoms with E-state index in [9.17, 15) is 4.79 Å². The van der Waals surface area contributed by atoms with E-state index in [1.54, 1.807) is 12.4 Å². The van der Waals surface area contributed by atoms with Gasteiger partial charge in [-0.05, 0) is 25.3 Å². The molecule has 1 heterocycles. The van der Waals surface area contributed by atoms with Crippen molar-refractivity contribution in [2.75, 3.05) is 0 Å². The van der Waals surface area contributed by atoms with E-state index in [4.69, 9.17) is 4.84 Å². The van der Waals surface area contributed by atoms with Crippen LogP contribution < -0.4 is 9.57 Å². The highest BCUT2D eigenvalue weighted by molar-refractivity contribution is 5.72. The number of hydrogen-bond acceptors (Lipinski definition) is 2. The normalized spacial score (nSPS) is 17.1. The Labute approximate surface area is 96.0 Å². The Bertz CT molecular complexity index is 353. The lowest BCUT2D eigenvalue weighted by Crippen LogP contribution is -2.47. The summed E-state index contributed by atoms with van der Waals surface area (Å²) in [7, 11) is 0. The van der Waals surface area contributed by atoms with Crippen LogP contribution in [0.5, 0.6) is 0 Å². The van der Waals surface area contributed by atoms with Gasteiger partial charge in [0.25, 0.3) is 0 Å². The van der Waals surface area contributed by atoms with E-state index in [2.05, 4.69) is 0 Å². The van der Waals surface area contributed by atoms with Crippen molar-refractivity contribution in [2.45, 2.75) is 39.0 Å². The minimum atomic E-state index is -0.0893. The summed E-state index contributed by atoms with van der Waals surface area (Å²) in [6.45, 7) is 2.01. The van der Waals surface area contributed by atoms with E-state index in [-0.39, 0.29) is 11.9 Å². The molecule has 1 saturated carbocycles. The zero-order chi connectivity index (χ0) is 11.4. The van der Waals surface area contributed by atoms with Gasteiger partial charge in [0.2, 0.25) is 12.4 Å². The summed E-state index contributed by atoms with van der Waals surface area (Å²) < 4.78 is 1.49. The van der Waals surface area contributed by atoms with Gasteiger partial charge < -0.3 is 0 Å². The maximum Gasteiger partial charge on any atom is 0.383 e. The molecule has 1 aromatic heterocycles. The third kappa shape index (κ3) is 2.81. The second kappa shape index (κ2) is 5.10. The molecule has 1 aromatic rings. The van der Waals surface area contributed by atoms with Crippen molar-refractivity contribution in [3.8, 4) is 0 Å². The molecule has 0 aromatic carbocycles. The van der Waals surface area contributed by atoms with Crippen molar-refractivity contribution in [2.24, 2.45) is 5.92 Å². The Morgan fingerprint density at radius 1 is 1.25 bits per heavy atom. The second-order valence-electron chi connectivity index (χ2n) is 4.48. The molecule has 2 rings (SSSR count). The number of carbonyl (C=O) groups excluding carboxylic acids is 1. The maximum atomic E-state index is 11.8. The van der Waals surface area contributed by atoms with E-state index in [0.29, 0.717) is 0 Å². The largest absolute Gasteiger partial charge is 0.383 e. The van der Waals surface area contributed by atoms with Crippen molar-refractivity contribution in [3.63, 3.8) is 0 Å². The van der Waals surface area contributed by atoms with Crippen LogP contribution in [0.1, 0.15) is 37.7 Å². The summed E-state index contributed by atoms with van der Waals surface area (Å²) in [6.07, 6.45) is 9.06. The number of hydrogen-bond donors (Lipinski definition) is 0. The van der Waals surface area contributed by atoms with E-state index < -0.39 is 0 Å². The molecular weight excluding hydrogens is 202 g/mol. The number of nitrogens with zero attached hydrogens (tertiary/aromatic N) is 1. The number of rotatable bonds is 2. The number of carbonyl (C=O) groups is 1. The second-order valence-corrected chi connectivity index (χ2v) is 4.48. The smallest absolute Gasteiger partial charge is 0.244 e. The first-order valence-corrected chi connectivity index (χ1v) is 5.96. The van der Waals surface area contributed by atoms with E-state index in [1.807, 2.05) is 19.1 Å². The molecule has 3 heteroatoms. The van der Waals surface area contributed by atoms with Crippen molar-refractivity contribution in [1.82, 2.24) is 0 Å². The van der Waals surface area contributed by atoms with Gasteiger partial charge in [0, 0.05) is 16.9 Å². The van der Waals surface area contributed by atoms with Gasteiger partial charge in [-0.15, -0.1) is 0 Å². The average molecular weight is 220 g/mol. The predicted octanol–water partition coefficient (Wildman–Crippen LogP) is 1.82. The van der Waals surface area contributed by atoms with E-state index in [0.717, 1.165) is 31.2 Å². The van der Waals surface area contributed by atoms with Gasteiger partial charge in [0.05, 0.1) is 5.92 Å². The van der Waals surface area contributed by atoms with Crippen molar-refractivity contribution in [3.05, 3.63) is 30.1 Å². The number of pyridine rings is 1. The molecule has 1 aliphatic rings. The highest BCUT2D eigenvalue weighted by Crippen LogP contribution is 2.23. The van der Waals surface area contributed by atoms with Gasteiger partial charge in [-0.25, -0.2) is 4.79 Å². The highest BCUT2D eigenvalue weighted by Gasteiger charge is 2.25. The standard InChI is InChI=1S/C13H18NO2/c1-11-7-9-14(10-8-11)16-13(15)12-5-3-2-4-6-12/h7-10,12H,2-6H2,1H3/q+1. The van der Waals surface area contributed by atoms with Crippen LogP contribution in [-0.4, -0.2) is 5.97 Å². The third-order valence-corrected chi connectivity index (χ3v) is 3.10. The van der Waals surface area contributed by atoms with Crippen LogP contribution in [0.15, 0.2) is 24.5 Å². The zero-order valence-electron chi connectivity index (χ0n) is 9.69. The molecule has 0 amide bonds. The highest BCUT2D eigenvalue weighted by atomic mass is 16.7. The summed E-state index contributed by atoms with van der Waals surface area (Å²) in [4.78, 5) is 17.1. The molecule has 0 unspecified atom stereocenters.